The number of hydrogen-bond acceptors (Lipinski definition) is 3. The monoisotopic (exact) mass is 945 g/mol. The summed E-state index contributed by atoms with van der Waals surface area (Å²) < 4.78 is 88.5. The first-order chi connectivity index (χ1) is 31.3. The largest absolute Gasteiger partial charge is 0.500 e. The normalized spacial score (nSPS) is 15.3. The zero-order chi connectivity index (χ0) is 48.5. The van der Waals surface area contributed by atoms with E-state index in [9.17, 15) is 0 Å². The quantitative estimate of drug-likeness (QED) is 0.127. The maximum Gasteiger partial charge on any atom is 0.129 e. The molecule has 4 heteroatoms. The summed E-state index contributed by atoms with van der Waals surface area (Å²) >= 11 is 0. The third-order valence-corrected chi connectivity index (χ3v) is 9.56. The molecule has 0 aliphatic heterocycles. The summed E-state index contributed by atoms with van der Waals surface area (Å²) in [4.78, 5) is 8.93. The standard InChI is InChI=1S/C35H34NO.C19H16N.Ir/c1-34(2,3)19-24-18-30(36-21-25(24)20-35(4,5)6)29-13-9-12-27-28-17-16-23-15-14-22-10-7-8-11-26(22)31(23)33(28)37-32(27)29;1-14-8-11-19(20-13-14)17-10-9-15(2)18(12-17)16-6-4-3-5-7-16;/h7-12,14-18,21H,19-20H2,1-6H3;3-9,11-13H,1-2H3;/q2*-1;/i19D2,20D2;1D3,2D3;. The van der Waals surface area contributed by atoms with Crippen molar-refractivity contribution in [3.8, 4) is 33.6 Å². The first-order valence-corrected chi connectivity index (χ1v) is 19.1. The van der Waals surface area contributed by atoms with Crippen LogP contribution in [0.15, 0.2) is 138 Å². The van der Waals surface area contributed by atoms with Gasteiger partial charge >= 0.3 is 0 Å². The number of hydrogen-bond donors (Lipinski definition) is 0. The van der Waals surface area contributed by atoms with Crippen LogP contribution in [0.25, 0.3) is 77.1 Å². The number of fused-ring (bicyclic) bond motifs is 7. The number of furan rings is 1. The molecule has 0 N–H and O–H groups in total. The zero-order valence-electron chi connectivity index (χ0n) is 43.3. The Hall–Kier alpha value is -5.41. The Bertz CT molecular complexity index is 3290. The van der Waals surface area contributed by atoms with Crippen LogP contribution in [0.5, 0.6) is 0 Å². The second-order valence-corrected chi connectivity index (χ2v) is 16.4. The molecule has 6 aromatic carbocycles. The van der Waals surface area contributed by atoms with E-state index in [2.05, 4.69) is 53.5 Å². The molecule has 0 aliphatic carbocycles. The van der Waals surface area contributed by atoms with Gasteiger partial charge in [-0.15, -0.1) is 47.5 Å². The Balaban J connectivity index is 0.000000219. The minimum Gasteiger partial charge on any atom is -0.500 e. The Morgan fingerprint density at radius 1 is 0.638 bits per heavy atom. The SMILES string of the molecule is [2H]C([2H])([2H])c1ccc(-c2[c-]cc(C([2H])([2H])[2H])c(-c3ccccc3)c2)nc1.[2H]C([2H])(c1cnc(-c2[c-]ccc3c2oc2c3ccc3ccc4ccccc4c32)cc1C([2H])([2H])C(C)(C)C)C(C)(C)C.[Ir]. The maximum absolute atomic E-state index is 9.16. The average Bonchev–Trinajstić information content (AvgIpc) is 3.67. The molecule has 9 rings (SSSR count). The van der Waals surface area contributed by atoms with E-state index < -0.39 is 37.3 Å². The second-order valence-electron chi connectivity index (χ2n) is 16.4. The molecule has 0 bridgehead atoms. The van der Waals surface area contributed by atoms with Gasteiger partial charge in [-0.25, -0.2) is 0 Å². The summed E-state index contributed by atoms with van der Waals surface area (Å²) in [6.07, 6.45) is -0.829. The molecule has 3 aromatic heterocycles. The van der Waals surface area contributed by atoms with E-state index in [-0.39, 0.29) is 36.8 Å². The summed E-state index contributed by atoms with van der Waals surface area (Å²) in [5.74, 6) is 0. The minimum absolute atomic E-state index is 0. The van der Waals surface area contributed by atoms with E-state index in [4.69, 9.17) is 23.1 Å². The topological polar surface area (TPSA) is 38.9 Å². The van der Waals surface area contributed by atoms with Crippen molar-refractivity contribution in [2.45, 2.75) is 68.0 Å². The summed E-state index contributed by atoms with van der Waals surface area (Å²) in [6, 6.07) is 44.1. The molecule has 0 spiro atoms. The summed E-state index contributed by atoms with van der Waals surface area (Å²) in [6.45, 7) is 6.52. The maximum atomic E-state index is 9.16. The summed E-state index contributed by atoms with van der Waals surface area (Å²) in [5, 5.41) is 6.32. The van der Waals surface area contributed by atoms with Gasteiger partial charge in [0.15, 0.2) is 0 Å². The molecular formula is C54H50IrN2O-2. The molecule has 0 fully saturated rings. The smallest absolute Gasteiger partial charge is 0.129 e. The fraction of sp³-hybridized carbons (Fsp3) is 0.222. The van der Waals surface area contributed by atoms with Crippen molar-refractivity contribution in [2.75, 3.05) is 0 Å². The number of pyridine rings is 2. The molecule has 293 valence electrons. The molecule has 0 unspecified atom stereocenters. The van der Waals surface area contributed by atoms with Crippen LogP contribution in [0.4, 0.5) is 0 Å². The van der Waals surface area contributed by atoms with Crippen LogP contribution in [0.1, 0.15) is 77.5 Å². The van der Waals surface area contributed by atoms with E-state index >= 15 is 0 Å². The number of benzene rings is 6. The van der Waals surface area contributed by atoms with Crippen molar-refractivity contribution in [1.29, 1.82) is 0 Å². The number of aryl methyl sites for hydroxylation is 2. The molecule has 0 atom stereocenters. The van der Waals surface area contributed by atoms with Crippen LogP contribution >= 0.6 is 0 Å². The van der Waals surface area contributed by atoms with Gasteiger partial charge in [0.1, 0.15) is 5.58 Å². The van der Waals surface area contributed by atoms with Gasteiger partial charge < -0.3 is 14.4 Å². The van der Waals surface area contributed by atoms with Gasteiger partial charge in [-0.2, -0.15) is 0 Å². The van der Waals surface area contributed by atoms with Crippen molar-refractivity contribution in [2.24, 2.45) is 10.8 Å². The average molecular weight is 945 g/mol. The Labute approximate surface area is 371 Å². The van der Waals surface area contributed by atoms with Gasteiger partial charge in [-0.3, -0.25) is 0 Å². The van der Waals surface area contributed by atoms with Crippen LogP contribution in [-0.4, -0.2) is 9.97 Å². The second kappa shape index (κ2) is 16.4. The van der Waals surface area contributed by atoms with Gasteiger partial charge in [-0.05, 0) is 80.2 Å². The van der Waals surface area contributed by atoms with E-state index in [1.54, 1.807) is 18.2 Å². The molecule has 3 nitrogen and oxygen atoms in total. The number of rotatable bonds is 5. The van der Waals surface area contributed by atoms with Gasteiger partial charge in [0.05, 0.1) is 5.58 Å². The van der Waals surface area contributed by atoms with Crippen LogP contribution < -0.4 is 0 Å². The van der Waals surface area contributed by atoms with E-state index in [1.807, 2.05) is 96.1 Å². The minimum atomic E-state index is -2.27. The Kier molecular flexibility index (Phi) is 8.44. The van der Waals surface area contributed by atoms with E-state index in [0.717, 1.165) is 43.5 Å². The first kappa shape index (κ1) is 29.8. The fourth-order valence-corrected chi connectivity index (χ4v) is 7.13. The van der Waals surface area contributed by atoms with Crippen molar-refractivity contribution >= 4 is 43.5 Å². The fourth-order valence-electron chi connectivity index (χ4n) is 7.13. The first-order valence-electron chi connectivity index (χ1n) is 24.1. The Morgan fingerprint density at radius 2 is 1.34 bits per heavy atom. The van der Waals surface area contributed by atoms with Gasteiger partial charge in [0.2, 0.25) is 0 Å². The van der Waals surface area contributed by atoms with Gasteiger partial charge in [0.25, 0.3) is 0 Å². The third kappa shape index (κ3) is 8.70. The van der Waals surface area contributed by atoms with Crippen LogP contribution in [0.3, 0.4) is 0 Å². The van der Waals surface area contributed by atoms with E-state index in [1.165, 1.54) is 24.5 Å². The van der Waals surface area contributed by atoms with Crippen molar-refractivity contribution < 1.29 is 38.2 Å². The molecule has 9 aromatic rings. The molecule has 0 amide bonds. The van der Waals surface area contributed by atoms with Crippen LogP contribution in [0.2, 0.25) is 0 Å². The summed E-state index contributed by atoms with van der Waals surface area (Å²) in [7, 11) is 0. The summed E-state index contributed by atoms with van der Waals surface area (Å²) in [5.41, 5.74) is 4.43. The van der Waals surface area contributed by atoms with E-state index in [0.29, 0.717) is 39.2 Å². The van der Waals surface area contributed by atoms with Crippen LogP contribution in [0, 0.1) is 36.7 Å². The number of nitrogens with zero attached hydrogens (tertiary/aromatic N) is 2. The third-order valence-electron chi connectivity index (χ3n) is 9.56. The number of aromatic nitrogens is 2. The molecule has 0 aliphatic rings. The van der Waals surface area contributed by atoms with Crippen molar-refractivity contribution in [1.82, 2.24) is 9.97 Å². The predicted molar refractivity (Wildman–Crippen MR) is 241 cm³/mol. The molecule has 58 heavy (non-hydrogen) atoms. The molecule has 1 radical (unpaired) electrons. The van der Waals surface area contributed by atoms with Gasteiger partial charge in [0, 0.05) is 57.0 Å². The van der Waals surface area contributed by atoms with Crippen LogP contribution in [-0.2, 0) is 32.9 Å². The zero-order valence-corrected chi connectivity index (χ0v) is 35.7. The predicted octanol–water partition coefficient (Wildman–Crippen LogP) is 14.8. The molecule has 0 saturated heterocycles. The molecule has 3 heterocycles. The van der Waals surface area contributed by atoms with Gasteiger partial charge in [-0.1, -0.05) is 162 Å². The molecule has 0 saturated carbocycles. The Morgan fingerprint density at radius 3 is 2.09 bits per heavy atom. The van der Waals surface area contributed by atoms with Crippen molar-refractivity contribution in [3.05, 3.63) is 168 Å². The molecular weight excluding hydrogens is 885 g/mol. The van der Waals surface area contributed by atoms with Crippen molar-refractivity contribution in [3.63, 3.8) is 0 Å².